The van der Waals surface area contributed by atoms with Crippen molar-refractivity contribution < 1.29 is 45.0 Å². The Morgan fingerprint density at radius 1 is 0.688 bits per heavy atom. The SMILES string of the molecule is C.CCc1cc(O)cc(O)c1C=NNC(=O)Cc1cccc(O)c1.CCc1cc(O)cc(O)c1C=O.NNC(=O)Cc1cccc(O)c1. The Hall–Kier alpha value is -6.08. The number of nitrogens with zero attached hydrogens (tertiary/aromatic N) is 1. The molecule has 48 heavy (non-hydrogen) atoms. The highest BCUT2D eigenvalue weighted by Gasteiger charge is 2.09. The van der Waals surface area contributed by atoms with Crippen molar-refractivity contribution in [1.29, 1.82) is 0 Å². The Bertz CT molecular complexity index is 1710. The van der Waals surface area contributed by atoms with Gasteiger partial charge in [-0.3, -0.25) is 19.8 Å². The molecule has 0 heterocycles. The number of aldehydes is 1. The van der Waals surface area contributed by atoms with E-state index in [0.29, 0.717) is 41.4 Å². The van der Waals surface area contributed by atoms with Crippen LogP contribution >= 0.6 is 0 Å². The Kier molecular flexibility index (Phi) is 16.7. The summed E-state index contributed by atoms with van der Waals surface area (Å²) in [5.74, 6) is 4.21. The van der Waals surface area contributed by atoms with Crippen molar-refractivity contribution in [3.05, 3.63) is 106 Å². The summed E-state index contributed by atoms with van der Waals surface area (Å²) in [4.78, 5) is 33.0. The zero-order valence-electron chi connectivity index (χ0n) is 25.8. The molecule has 4 rings (SSSR count). The van der Waals surface area contributed by atoms with E-state index in [1.807, 2.05) is 19.3 Å². The number of carbonyl (C=O) groups excluding carboxylic acids is 3. The molecule has 0 saturated carbocycles. The van der Waals surface area contributed by atoms with E-state index in [4.69, 9.17) is 16.1 Å². The summed E-state index contributed by atoms with van der Waals surface area (Å²) in [6.45, 7) is 3.73. The molecule has 0 aliphatic carbocycles. The monoisotopic (exact) mass is 662 g/mol. The lowest BCUT2D eigenvalue weighted by Gasteiger charge is -2.07. The molecule has 0 fully saturated rings. The Morgan fingerprint density at radius 3 is 1.58 bits per heavy atom. The molecule has 0 saturated heterocycles. The predicted octanol–water partition coefficient (Wildman–Crippen LogP) is 4.09. The van der Waals surface area contributed by atoms with Crippen molar-refractivity contribution in [3.8, 4) is 34.5 Å². The number of hydrazine groups is 1. The van der Waals surface area contributed by atoms with Gasteiger partial charge < -0.3 is 30.6 Å². The van der Waals surface area contributed by atoms with E-state index in [-0.39, 0.29) is 72.1 Å². The van der Waals surface area contributed by atoms with E-state index in [9.17, 15) is 34.8 Å². The molecule has 10 N–H and O–H groups in total. The van der Waals surface area contributed by atoms with E-state index in [1.54, 1.807) is 30.3 Å². The number of nitrogens with one attached hydrogen (secondary N) is 2. The van der Waals surface area contributed by atoms with E-state index in [0.717, 1.165) is 11.6 Å². The third kappa shape index (κ3) is 13.1. The van der Waals surface area contributed by atoms with Crippen LogP contribution in [0, 0.1) is 0 Å². The number of aryl methyl sites for hydroxylation is 2. The number of amides is 2. The normalized spacial score (nSPS) is 9.98. The second-order valence-electron chi connectivity index (χ2n) is 9.95. The van der Waals surface area contributed by atoms with Crippen LogP contribution in [0.1, 0.15) is 59.4 Å². The first-order valence-electron chi connectivity index (χ1n) is 14.3. The lowest BCUT2D eigenvalue weighted by Crippen LogP contribution is -2.31. The largest absolute Gasteiger partial charge is 0.508 e. The summed E-state index contributed by atoms with van der Waals surface area (Å²) in [5.41, 5.74) is 7.86. The molecule has 13 heteroatoms. The molecule has 2 amide bonds. The van der Waals surface area contributed by atoms with Gasteiger partial charge in [-0.2, -0.15) is 5.10 Å². The van der Waals surface area contributed by atoms with Crippen molar-refractivity contribution in [3.63, 3.8) is 0 Å². The molecule has 13 nitrogen and oxygen atoms in total. The number of rotatable bonds is 9. The number of benzene rings is 4. The summed E-state index contributed by atoms with van der Waals surface area (Å²) in [5, 5.41) is 59.8. The summed E-state index contributed by atoms with van der Waals surface area (Å²) >= 11 is 0. The molecule has 0 aliphatic rings. The number of phenols is 6. The summed E-state index contributed by atoms with van der Waals surface area (Å²) in [6.07, 6.45) is 3.40. The number of nitrogens with two attached hydrogens (primary N) is 1. The van der Waals surface area contributed by atoms with Crippen LogP contribution < -0.4 is 16.7 Å². The zero-order valence-corrected chi connectivity index (χ0v) is 25.8. The van der Waals surface area contributed by atoms with Gasteiger partial charge in [-0.15, -0.1) is 0 Å². The molecule has 0 spiro atoms. The fourth-order valence-electron chi connectivity index (χ4n) is 4.19. The maximum Gasteiger partial charge on any atom is 0.244 e. The maximum atomic E-state index is 11.8. The Morgan fingerprint density at radius 2 is 1.15 bits per heavy atom. The van der Waals surface area contributed by atoms with Gasteiger partial charge in [-0.1, -0.05) is 45.5 Å². The highest BCUT2D eigenvalue weighted by Crippen LogP contribution is 2.27. The summed E-state index contributed by atoms with van der Waals surface area (Å²) in [6, 6.07) is 18.3. The molecule has 0 atom stereocenters. The van der Waals surface area contributed by atoms with Gasteiger partial charge in [0.1, 0.15) is 34.5 Å². The van der Waals surface area contributed by atoms with Crippen LogP contribution in [0.2, 0.25) is 0 Å². The number of hydrogen-bond acceptors (Lipinski definition) is 11. The van der Waals surface area contributed by atoms with E-state index in [2.05, 4.69) is 10.5 Å². The second-order valence-corrected chi connectivity index (χ2v) is 9.95. The van der Waals surface area contributed by atoms with Crippen molar-refractivity contribution in [2.75, 3.05) is 0 Å². The first kappa shape index (κ1) is 39.9. The first-order valence-corrected chi connectivity index (χ1v) is 14.3. The number of hydrazone groups is 1. The maximum absolute atomic E-state index is 11.8. The molecule has 4 aromatic carbocycles. The smallest absolute Gasteiger partial charge is 0.244 e. The average molecular weight is 663 g/mol. The van der Waals surface area contributed by atoms with Gasteiger partial charge in [0.05, 0.1) is 24.6 Å². The first-order chi connectivity index (χ1) is 22.4. The van der Waals surface area contributed by atoms with Crippen LogP contribution in [0.3, 0.4) is 0 Å². The number of hydrogen-bond donors (Lipinski definition) is 9. The van der Waals surface area contributed by atoms with Crippen LogP contribution in [-0.4, -0.2) is 55.0 Å². The van der Waals surface area contributed by atoms with Crippen LogP contribution in [0.15, 0.2) is 77.9 Å². The van der Waals surface area contributed by atoms with Gasteiger partial charge in [-0.05, 0) is 71.5 Å². The minimum Gasteiger partial charge on any atom is -0.508 e. The van der Waals surface area contributed by atoms with Gasteiger partial charge in [0.15, 0.2) is 6.29 Å². The summed E-state index contributed by atoms with van der Waals surface area (Å²) < 4.78 is 0. The highest BCUT2D eigenvalue weighted by molar-refractivity contribution is 5.87. The molecule has 0 aromatic heterocycles. The van der Waals surface area contributed by atoms with Gasteiger partial charge in [-0.25, -0.2) is 11.3 Å². The van der Waals surface area contributed by atoms with Gasteiger partial charge in [0, 0.05) is 17.7 Å². The molecular weight excluding hydrogens is 620 g/mol. The number of phenolic OH excluding ortho intramolecular Hbond substituents is 6. The van der Waals surface area contributed by atoms with Gasteiger partial charge in [0.2, 0.25) is 11.8 Å². The summed E-state index contributed by atoms with van der Waals surface area (Å²) in [7, 11) is 0. The van der Waals surface area contributed by atoms with Crippen molar-refractivity contribution in [2.24, 2.45) is 10.9 Å². The highest BCUT2D eigenvalue weighted by atomic mass is 16.3. The van der Waals surface area contributed by atoms with Crippen LogP contribution in [0.5, 0.6) is 34.5 Å². The molecule has 256 valence electrons. The second kappa shape index (κ2) is 20.1. The van der Waals surface area contributed by atoms with E-state index in [1.165, 1.54) is 42.6 Å². The molecule has 0 radical (unpaired) electrons. The topological polar surface area (TPSA) is 235 Å². The van der Waals surface area contributed by atoms with Crippen molar-refractivity contribution in [2.45, 2.75) is 47.0 Å². The minimum absolute atomic E-state index is 0. The average Bonchev–Trinajstić information content (AvgIpc) is 3.02. The fourth-order valence-corrected chi connectivity index (χ4v) is 4.19. The minimum atomic E-state index is -0.344. The van der Waals surface area contributed by atoms with E-state index >= 15 is 0 Å². The third-order valence-corrected chi connectivity index (χ3v) is 6.43. The van der Waals surface area contributed by atoms with Crippen LogP contribution in [0.25, 0.3) is 0 Å². The number of aromatic hydroxyl groups is 6. The van der Waals surface area contributed by atoms with Crippen molar-refractivity contribution >= 4 is 24.3 Å². The Labute approximate surface area is 278 Å². The van der Waals surface area contributed by atoms with Crippen LogP contribution in [0.4, 0.5) is 0 Å². The zero-order chi connectivity index (χ0) is 34.9. The van der Waals surface area contributed by atoms with Gasteiger partial charge in [0.25, 0.3) is 0 Å². The van der Waals surface area contributed by atoms with Gasteiger partial charge >= 0.3 is 0 Å². The molecule has 0 unspecified atom stereocenters. The predicted molar refractivity (Wildman–Crippen MR) is 182 cm³/mol. The standard InChI is InChI=1S/C17H18N2O4.C9H10O3.C8H10N2O2.CH4/c1-2-12-8-14(21)9-16(22)15(12)10-18-19-17(23)7-11-4-3-5-13(20)6-11;1-2-6-3-7(11)4-9(12)8(6)5-10;9-10-8(12)5-6-2-1-3-7(11)4-6;/h3-6,8-10,20-22H,2,7H2,1H3,(H,19,23);3-5,11-12H,2H2,1H3;1-4,11H,5,9H2,(H,10,12);1H4. The third-order valence-electron chi connectivity index (χ3n) is 6.43. The lowest BCUT2D eigenvalue weighted by atomic mass is 10.0. The molecule has 0 bridgehead atoms. The van der Waals surface area contributed by atoms with E-state index < -0.39 is 0 Å². The fraction of sp³-hybridized carbons (Fsp3) is 0.200. The van der Waals surface area contributed by atoms with Crippen molar-refractivity contribution in [1.82, 2.24) is 10.9 Å². The molecule has 4 aromatic rings. The number of carbonyl (C=O) groups is 3. The molecule has 0 aliphatic heterocycles. The Balaban J connectivity index is 0.000000390. The lowest BCUT2D eigenvalue weighted by molar-refractivity contribution is -0.121. The molecular formula is C35H42N4O9. The quantitative estimate of drug-likeness (QED) is 0.0409. The van der Waals surface area contributed by atoms with Crippen LogP contribution in [-0.2, 0) is 35.3 Å².